The van der Waals surface area contributed by atoms with E-state index >= 15 is 0 Å². The molecule has 0 spiro atoms. The van der Waals surface area contributed by atoms with Crippen molar-refractivity contribution in [3.05, 3.63) is 18.5 Å². The van der Waals surface area contributed by atoms with Gasteiger partial charge in [0.25, 0.3) is 0 Å². The Morgan fingerprint density at radius 1 is 1.56 bits per heavy atom. The number of aryl methyl sites for hydroxylation is 1. The van der Waals surface area contributed by atoms with Crippen molar-refractivity contribution in [3.8, 4) is 0 Å². The van der Waals surface area contributed by atoms with Crippen LogP contribution in [0.1, 0.15) is 27.2 Å². The third-order valence-electron chi connectivity index (χ3n) is 2.09. The number of alkyl carbamates (subject to hydrolysis) is 1. The normalized spacial score (nSPS) is 12.8. The average Bonchev–Trinajstić information content (AvgIpc) is 2.74. The van der Waals surface area contributed by atoms with Crippen molar-refractivity contribution < 1.29 is 14.3 Å². The van der Waals surface area contributed by atoms with Gasteiger partial charge in [0.1, 0.15) is 11.9 Å². The van der Waals surface area contributed by atoms with E-state index in [4.69, 9.17) is 4.74 Å². The van der Waals surface area contributed by atoms with Crippen LogP contribution in [0.15, 0.2) is 18.5 Å². The molecule has 6 nitrogen and oxygen atoms in total. The van der Waals surface area contributed by atoms with Gasteiger partial charge in [0.2, 0.25) is 0 Å². The lowest BCUT2D eigenvalue weighted by molar-refractivity contribution is -0.109. The van der Waals surface area contributed by atoms with Gasteiger partial charge in [-0.2, -0.15) is 5.10 Å². The highest BCUT2D eigenvalue weighted by molar-refractivity contribution is 5.73. The Balaban J connectivity index is 2.37. The molecule has 1 atom stereocenters. The molecule has 6 heteroatoms. The first-order chi connectivity index (χ1) is 8.40. The van der Waals surface area contributed by atoms with Gasteiger partial charge in [0, 0.05) is 18.9 Å². The highest BCUT2D eigenvalue weighted by Crippen LogP contribution is 2.07. The number of nitrogens with one attached hydrogen (secondary N) is 1. The summed E-state index contributed by atoms with van der Waals surface area (Å²) in [6.07, 6.45) is 4.06. The number of rotatable bonds is 5. The number of nitrogens with zero attached hydrogens (tertiary/aromatic N) is 2. The van der Waals surface area contributed by atoms with Crippen molar-refractivity contribution in [2.45, 2.75) is 45.4 Å². The molecule has 1 rings (SSSR count). The first-order valence-corrected chi connectivity index (χ1v) is 5.83. The molecule has 0 fully saturated rings. The predicted octanol–water partition coefficient (Wildman–Crippen LogP) is 1.37. The van der Waals surface area contributed by atoms with Gasteiger partial charge >= 0.3 is 6.09 Å². The molecule has 100 valence electrons. The summed E-state index contributed by atoms with van der Waals surface area (Å²) in [7, 11) is 0. The zero-order valence-electron chi connectivity index (χ0n) is 10.9. The van der Waals surface area contributed by atoms with E-state index < -0.39 is 17.7 Å². The number of aromatic nitrogens is 2. The quantitative estimate of drug-likeness (QED) is 0.804. The number of hydrogen-bond acceptors (Lipinski definition) is 4. The summed E-state index contributed by atoms with van der Waals surface area (Å²) in [5.41, 5.74) is -0.570. The molecule has 0 radical (unpaired) electrons. The van der Waals surface area contributed by atoms with E-state index in [1.54, 1.807) is 43.9 Å². The molecule has 0 aromatic carbocycles. The summed E-state index contributed by atoms with van der Waals surface area (Å²) in [6.45, 7) is 5.87. The van der Waals surface area contributed by atoms with Crippen LogP contribution >= 0.6 is 0 Å². The topological polar surface area (TPSA) is 73.2 Å². The summed E-state index contributed by atoms with van der Waals surface area (Å²) in [5.74, 6) is 0. The van der Waals surface area contributed by atoms with Crippen molar-refractivity contribution in [1.82, 2.24) is 15.1 Å². The molecular weight excluding hydrogens is 234 g/mol. The van der Waals surface area contributed by atoms with Gasteiger partial charge in [0.15, 0.2) is 0 Å². The molecule has 0 aliphatic heterocycles. The lowest BCUT2D eigenvalue weighted by Gasteiger charge is -2.21. The summed E-state index contributed by atoms with van der Waals surface area (Å²) >= 11 is 0. The second kappa shape index (κ2) is 6.18. The molecule has 18 heavy (non-hydrogen) atoms. The van der Waals surface area contributed by atoms with Crippen LogP contribution in [0.3, 0.4) is 0 Å². The second-order valence-corrected chi connectivity index (χ2v) is 4.95. The Morgan fingerprint density at radius 2 is 2.28 bits per heavy atom. The van der Waals surface area contributed by atoms with E-state index in [0.717, 1.165) is 0 Å². The third-order valence-corrected chi connectivity index (χ3v) is 2.09. The molecule has 0 aliphatic rings. The van der Waals surface area contributed by atoms with E-state index in [1.165, 1.54) is 0 Å². The molecule has 1 N–H and O–H groups in total. The van der Waals surface area contributed by atoms with Gasteiger partial charge in [-0.3, -0.25) is 4.68 Å². The molecule has 0 bridgehead atoms. The number of hydrogen-bond donors (Lipinski definition) is 1. The van der Waals surface area contributed by atoms with Crippen LogP contribution in [0, 0.1) is 0 Å². The van der Waals surface area contributed by atoms with E-state index in [1.807, 2.05) is 0 Å². The summed E-state index contributed by atoms with van der Waals surface area (Å²) in [5, 5.41) is 6.53. The van der Waals surface area contributed by atoms with Crippen molar-refractivity contribution in [2.75, 3.05) is 0 Å². The fourth-order valence-electron chi connectivity index (χ4n) is 1.34. The number of amides is 1. The maximum Gasteiger partial charge on any atom is 0.408 e. The van der Waals surface area contributed by atoms with Crippen molar-refractivity contribution >= 4 is 12.4 Å². The minimum Gasteiger partial charge on any atom is -0.444 e. The summed E-state index contributed by atoms with van der Waals surface area (Å²) in [4.78, 5) is 22.3. The summed E-state index contributed by atoms with van der Waals surface area (Å²) in [6, 6.07) is 1.24. The molecular formula is C12H19N3O3. The first kappa shape index (κ1) is 14.2. The molecule has 1 aromatic rings. The Morgan fingerprint density at radius 3 is 2.78 bits per heavy atom. The smallest absolute Gasteiger partial charge is 0.408 e. The minimum absolute atomic E-state index is 0.477. The number of carbonyl (C=O) groups excluding carboxylic acids is 2. The van der Waals surface area contributed by atoms with Crippen LogP contribution in [0.25, 0.3) is 0 Å². The lowest BCUT2D eigenvalue weighted by Crippen LogP contribution is -2.40. The average molecular weight is 253 g/mol. The molecule has 1 aromatic heterocycles. The second-order valence-electron chi connectivity index (χ2n) is 4.95. The number of aldehydes is 1. The lowest BCUT2D eigenvalue weighted by atomic mass is 10.2. The Hall–Kier alpha value is -1.85. The van der Waals surface area contributed by atoms with Crippen LogP contribution in [-0.4, -0.2) is 33.8 Å². The van der Waals surface area contributed by atoms with Gasteiger partial charge in [-0.05, 0) is 33.3 Å². The fourth-order valence-corrected chi connectivity index (χ4v) is 1.34. The third kappa shape index (κ3) is 5.47. The van der Waals surface area contributed by atoms with E-state index in [9.17, 15) is 9.59 Å². The predicted molar refractivity (Wildman–Crippen MR) is 66.1 cm³/mol. The zero-order valence-corrected chi connectivity index (χ0v) is 10.9. The van der Waals surface area contributed by atoms with Crippen molar-refractivity contribution in [1.29, 1.82) is 0 Å². The SMILES string of the molecule is CC(C)(C)OC(=O)NC(C=O)CCn1cccn1. The van der Waals surface area contributed by atoms with Crippen LogP contribution in [0.4, 0.5) is 4.79 Å². The van der Waals surface area contributed by atoms with E-state index in [2.05, 4.69) is 10.4 Å². The maximum absolute atomic E-state index is 11.5. The molecule has 0 saturated carbocycles. The van der Waals surface area contributed by atoms with Gasteiger partial charge in [-0.25, -0.2) is 4.79 Å². The highest BCUT2D eigenvalue weighted by Gasteiger charge is 2.19. The van der Waals surface area contributed by atoms with Crippen LogP contribution in [0.2, 0.25) is 0 Å². The molecule has 0 saturated heterocycles. The first-order valence-electron chi connectivity index (χ1n) is 5.83. The van der Waals surface area contributed by atoms with Crippen LogP contribution in [-0.2, 0) is 16.1 Å². The molecule has 1 heterocycles. The van der Waals surface area contributed by atoms with Crippen LogP contribution < -0.4 is 5.32 Å². The van der Waals surface area contributed by atoms with Gasteiger partial charge in [0.05, 0.1) is 6.04 Å². The van der Waals surface area contributed by atoms with Gasteiger partial charge < -0.3 is 14.8 Å². The van der Waals surface area contributed by atoms with E-state index in [-0.39, 0.29) is 0 Å². The molecule has 0 aliphatic carbocycles. The van der Waals surface area contributed by atoms with Gasteiger partial charge in [-0.1, -0.05) is 0 Å². The largest absolute Gasteiger partial charge is 0.444 e. The standard InChI is InChI=1S/C12H19N3O3/c1-12(2,3)18-11(17)14-10(9-16)5-8-15-7-4-6-13-15/h4,6-7,9-10H,5,8H2,1-3H3,(H,14,17). The number of carbonyl (C=O) groups is 2. The van der Waals surface area contributed by atoms with Crippen LogP contribution in [0.5, 0.6) is 0 Å². The van der Waals surface area contributed by atoms with Gasteiger partial charge in [-0.15, -0.1) is 0 Å². The maximum atomic E-state index is 11.5. The summed E-state index contributed by atoms with van der Waals surface area (Å²) < 4.78 is 6.78. The minimum atomic E-state index is -0.583. The van der Waals surface area contributed by atoms with E-state index in [0.29, 0.717) is 19.3 Å². The Labute approximate surface area is 106 Å². The van der Waals surface area contributed by atoms with Crippen molar-refractivity contribution in [2.24, 2.45) is 0 Å². The zero-order chi connectivity index (χ0) is 13.6. The number of ether oxygens (including phenoxy) is 1. The molecule has 1 unspecified atom stereocenters. The van der Waals surface area contributed by atoms with Crippen molar-refractivity contribution in [3.63, 3.8) is 0 Å². The highest BCUT2D eigenvalue weighted by atomic mass is 16.6. The molecule has 1 amide bonds. The Bertz CT molecular complexity index is 382. The Kier molecular flexibility index (Phi) is 4.88. The fraction of sp³-hybridized carbons (Fsp3) is 0.583. The monoisotopic (exact) mass is 253 g/mol.